The van der Waals surface area contributed by atoms with E-state index < -0.39 is 6.04 Å². The molecule has 0 aromatic rings. The topological polar surface area (TPSA) is 82.2 Å². The number of ether oxygens (including phenoxy) is 1. The maximum Gasteiger partial charge on any atom is 0.249 e. The second kappa shape index (κ2) is 9.00. The Bertz CT molecular complexity index is 623. The molecule has 0 spiro atoms. The van der Waals surface area contributed by atoms with Crippen LogP contribution in [0.1, 0.15) is 46.5 Å². The van der Waals surface area contributed by atoms with Crippen molar-refractivity contribution in [3.63, 3.8) is 0 Å². The quantitative estimate of drug-likeness (QED) is 0.691. The highest BCUT2D eigenvalue weighted by Gasteiger charge is 2.47. The molecule has 3 fully saturated rings. The van der Waals surface area contributed by atoms with E-state index in [4.69, 9.17) is 4.74 Å². The molecule has 2 unspecified atom stereocenters. The number of nitrogens with one attached hydrogen (secondary N) is 1. The smallest absolute Gasteiger partial charge is 0.249 e. The second-order valence-corrected chi connectivity index (χ2v) is 9.73. The van der Waals surface area contributed by atoms with Gasteiger partial charge in [0.15, 0.2) is 0 Å². The third-order valence-electron chi connectivity index (χ3n) is 5.88. The highest BCUT2D eigenvalue weighted by molar-refractivity contribution is 5.89. The summed E-state index contributed by atoms with van der Waals surface area (Å²) in [5.41, 5.74) is -0.0929. The van der Waals surface area contributed by atoms with E-state index in [1.54, 1.807) is 4.90 Å². The number of hydrogen-bond acceptors (Lipinski definition) is 5. The lowest BCUT2D eigenvalue weighted by Crippen LogP contribution is -2.53. The molecule has 0 bridgehead atoms. The monoisotopic (exact) mass is 408 g/mol. The molecular formula is C21H36N4O4. The van der Waals surface area contributed by atoms with Gasteiger partial charge in [-0.1, -0.05) is 20.8 Å². The van der Waals surface area contributed by atoms with Crippen LogP contribution in [0.4, 0.5) is 0 Å². The SMILES string of the molecule is COCC(=O)N1CC(N(C(=O)CC(C)(C)C)C2CC2)CC1C(=O)N1CCNCC1. The lowest BCUT2D eigenvalue weighted by molar-refractivity contribution is -0.146. The van der Waals surface area contributed by atoms with E-state index in [0.717, 1.165) is 25.9 Å². The standard InChI is InChI=1S/C21H36N4O4/c1-21(2,3)12-18(26)25(15-5-6-15)16-11-17(24(13-16)19(27)14-29-4)20(28)23-9-7-22-8-10-23/h15-17,22H,5-14H2,1-4H3. The third kappa shape index (κ3) is 5.48. The van der Waals surface area contributed by atoms with Crippen molar-refractivity contribution in [2.75, 3.05) is 46.4 Å². The first-order chi connectivity index (χ1) is 13.7. The summed E-state index contributed by atoms with van der Waals surface area (Å²) in [7, 11) is 1.49. The molecule has 1 saturated carbocycles. The van der Waals surface area contributed by atoms with Gasteiger partial charge in [-0.2, -0.15) is 0 Å². The molecule has 0 aromatic carbocycles. The van der Waals surface area contributed by atoms with Gasteiger partial charge in [-0.05, 0) is 24.7 Å². The van der Waals surface area contributed by atoms with Crippen molar-refractivity contribution in [2.45, 2.75) is 64.6 Å². The van der Waals surface area contributed by atoms with Gasteiger partial charge < -0.3 is 24.8 Å². The maximum absolute atomic E-state index is 13.2. The zero-order chi connectivity index (χ0) is 21.2. The van der Waals surface area contributed by atoms with Crippen LogP contribution in [0.3, 0.4) is 0 Å². The van der Waals surface area contributed by atoms with Crippen LogP contribution in [0, 0.1) is 5.41 Å². The number of hydrogen-bond donors (Lipinski definition) is 1. The van der Waals surface area contributed by atoms with E-state index in [1.807, 2.05) is 9.80 Å². The van der Waals surface area contributed by atoms with Crippen molar-refractivity contribution >= 4 is 17.7 Å². The minimum absolute atomic E-state index is 0.00234. The van der Waals surface area contributed by atoms with Crippen molar-refractivity contribution in [3.05, 3.63) is 0 Å². The molecule has 8 nitrogen and oxygen atoms in total. The molecule has 3 amide bonds. The Labute approximate surface area is 173 Å². The number of piperazine rings is 1. The Kier molecular flexibility index (Phi) is 6.83. The summed E-state index contributed by atoms with van der Waals surface area (Å²) in [4.78, 5) is 44.5. The molecule has 3 rings (SSSR count). The van der Waals surface area contributed by atoms with Gasteiger partial charge >= 0.3 is 0 Å². The number of carbonyl (C=O) groups is 3. The van der Waals surface area contributed by atoms with E-state index in [-0.39, 0.29) is 41.8 Å². The molecule has 1 aliphatic carbocycles. The molecule has 2 heterocycles. The van der Waals surface area contributed by atoms with Crippen molar-refractivity contribution in [2.24, 2.45) is 5.41 Å². The average molecular weight is 409 g/mol. The number of nitrogens with zero attached hydrogens (tertiary/aromatic N) is 3. The van der Waals surface area contributed by atoms with Gasteiger partial charge in [0, 0.05) is 52.3 Å². The highest BCUT2D eigenvalue weighted by Crippen LogP contribution is 2.36. The molecule has 1 N–H and O–H groups in total. The molecule has 3 aliphatic rings. The molecular weight excluding hydrogens is 372 g/mol. The summed E-state index contributed by atoms with van der Waals surface area (Å²) in [5.74, 6) is -0.0422. The van der Waals surface area contributed by atoms with Crippen LogP contribution in [0.15, 0.2) is 0 Å². The Morgan fingerprint density at radius 1 is 1.10 bits per heavy atom. The molecule has 2 atom stereocenters. The minimum atomic E-state index is -0.510. The summed E-state index contributed by atoms with van der Waals surface area (Å²) in [5, 5.41) is 3.25. The van der Waals surface area contributed by atoms with E-state index >= 15 is 0 Å². The largest absolute Gasteiger partial charge is 0.375 e. The van der Waals surface area contributed by atoms with Gasteiger partial charge in [-0.15, -0.1) is 0 Å². The van der Waals surface area contributed by atoms with Crippen LogP contribution in [0.2, 0.25) is 0 Å². The molecule has 2 saturated heterocycles. The number of amides is 3. The fraction of sp³-hybridized carbons (Fsp3) is 0.857. The van der Waals surface area contributed by atoms with Gasteiger partial charge in [-0.25, -0.2) is 0 Å². The van der Waals surface area contributed by atoms with Crippen LogP contribution in [0.25, 0.3) is 0 Å². The van der Waals surface area contributed by atoms with Gasteiger partial charge in [-0.3, -0.25) is 14.4 Å². The number of likely N-dealkylation sites (tertiary alicyclic amines) is 1. The summed E-state index contributed by atoms with van der Waals surface area (Å²) in [6.07, 6.45) is 3.01. The highest BCUT2D eigenvalue weighted by atomic mass is 16.5. The maximum atomic E-state index is 13.2. The minimum Gasteiger partial charge on any atom is -0.375 e. The van der Waals surface area contributed by atoms with Crippen molar-refractivity contribution in [3.8, 4) is 0 Å². The Hall–Kier alpha value is -1.67. The fourth-order valence-corrected chi connectivity index (χ4v) is 4.43. The Balaban J connectivity index is 1.78. The normalized spacial score (nSPS) is 25.2. The predicted octanol–water partition coefficient (Wildman–Crippen LogP) is 0.461. The van der Waals surface area contributed by atoms with Crippen LogP contribution in [-0.2, 0) is 19.1 Å². The van der Waals surface area contributed by atoms with E-state index in [1.165, 1.54) is 7.11 Å². The summed E-state index contributed by atoms with van der Waals surface area (Å²) < 4.78 is 5.05. The number of rotatable bonds is 6. The first-order valence-electron chi connectivity index (χ1n) is 10.8. The zero-order valence-corrected chi connectivity index (χ0v) is 18.3. The van der Waals surface area contributed by atoms with Crippen LogP contribution in [0.5, 0.6) is 0 Å². The van der Waals surface area contributed by atoms with Crippen molar-refractivity contribution in [1.82, 2.24) is 20.0 Å². The number of carbonyl (C=O) groups excluding carboxylic acids is 3. The van der Waals surface area contributed by atoms with E-state index in [9.17, 15) is 14.4 Å². The van der Waals surface area contributed by atoms with Gasteiger partial charge in [0.05, 0.1) is 6.04 Å². The van der Waals surface area contributed by atoms with Crippen LogP contribution >= 0.6 is 0 Å². The first kappa shape index (κ1) is 22.0. The number of methoxy groups -OCH3 is 1. The fourth-order valence-electron chi connectivity index (χ4n) is 4.43. The summed E-state index contributed by atoms with van der Waals surface area (Å²) >= 11 is 0. The van der Waals surface area contributed by atoms with Gasteiger partial charge in [0.25, 0.3) is 0 Å². The third-order valence-corrected chi connectivity index (χ3v) is 5.88. The molecule has 8 heteroatoms. The Morgan fingerprint density at radius 3 is 2.31 bits per heavy atom. The first-order valence-corrected chi connectivity index (χ1v) is 10.8. The summed E-state index contributed by atoms with van der Waals surface area (Å²) in [6, 6.07) is -0.360. The average Bonchev–Trinajstić information content (AvgIpc) is 3.38. The Morgan fingerprint density at radius 2 is 1.76 bits per heavy atom. The van der Waals surface area contributed by atoms with Gasteiger partial charge in [0.2, 0.25) is 17.7 Å². The molecule has 164 valence electrons. The van der Waals surface area contributed by atoms with E-state index in [0.29, 0.717) is 32.5 Å². The van der Waals surface area contributed by atoms with Crippen molar-refractivity contribution < 1.29 is 19.1 Å². The molecule has 0 radical (unpaired) electrons. The molecule has 2 aliphatic heterocycles. The van der Waals surface area contributed by atoms with Crippen LogP contribution in [-0.4, -0.2) is 97.0 Å². The van der Waals surface area contributed by atoms with Crippen LogP contribution < -0.4 is 5.32 Å². The van der Waals surface area contributed by atoms with E-state index in [2.05, 4.69) is 26.1 Å². The zero-order valence-electron chi connectivity index (χ0n) is 18.3. The second-order valence-electron chi connectivity index (χ2n) is 9.73. The van der Waals surface area contributed by atoms with Gasteiger partial charge in [0.1, 0.15) is 12.6 Å². The van der Waals surface area contributed by atoms with Crippen molar-refractivity contribution in [1.29, 1.82) is 0 Å². The lowest BCUT2D eigenvalue weighted by Gasteiger charge is -2.32. The summed E-state index contributed by atoms with van der Waals surface area (Å²) in [6.45, 7) is 9.41. The molecule has 0 aromatic heterocycles. The molecule has 29 heavy (non-hydrogen) atoms. The lowest BCUT2D eigenvalue weighted by atomic mass is 9.91. The predicted molar refractivity (Wildman–Crippen MR) is 109 cm³/mol.